The van der Waals surface area contributed by atoms with Gasteiger partial charge in [0.2, 0.25) is 0 Å². The van der Waals surface area contributed by atoms with E-state index in [1.165, 1.54) is 19.3 Å². The summed E-state index contributed by atoms with van der Waals surface area (Å²) in [6.07, 6.45) is 4.68. The average molecular weight is 340 g/mol. The van der Waals surface area contributed by atoms with Crippen LogP contribution >= 0.6 is 0 Å². The highest BCUT2D eigenvalue weighted by molar-refractivity contribution is 5.44. The van der Waals surface area contributed by atoms with E-state index in [4.69, 9.17) is 0 Å². The molecule has 3 aromatic heterocycles. The molecule has 1 N–H and O–H groups in total. The Bertz CT molecular complexity index is 886. The zero-order valence-electron chi connectivity index (χ0n) is 15.0. The van der Waals surface area contributed by atoms with Crippen molar-refractivity contribution < 1.29 is 0 Å². The Labute approximate surface area is 146 Å². The Kier molecular flexibility index (Phi) is 3.89. The standard InChI is InChI=1S/C17H24N8/c1-17(2,3)16-22-20-14-9-8-12(23-25(14)16)18-11-15-21-19-13-7-5-4-6-10-24(13)15/h8-9H,4-7,10-11H2,1-3H3,(H,18,23). The fourth-order valence-electron chi connectivity index (χ4n) is 3.20. The lowest BCUT2D eigenvalue weighted by Crippen LogP contribution is -2.18. The number of aromatic nitrogens is 7. The Morgan fingerprint density at radius 1 is 1.04 bits per heavy atom. The van der Waals surface area contributed by atoms with Gasteiger partial charge in [0.25, 0.3) is 0 Å². The maximum Gasteiger partial charge on any atom is 0.178 e. The van der Waals surface area contributed by atoms with Gasteiger partial charge in [-0.1, -0.05) is 27.2 Å². The molecule has 0 aliphatic carbocycles. The molecule has 8 heteroatoms. The fourth-order valence-corrected chi connectivity index (χ4v) is 3.20. The minimum Gasteiger partial charge on any atom is -0.361 e. The summed E-state index contributed by atoms with van der Waals surface area (Å²) in [6.45, 7) is 7.94. The minimum atomic E-state index is -0.116. The second kappa shape index (κ2) is 6.09. The van der Waals surface area contributed by atoms with Crippen LogP contribution in [0.3, 0.4) is 0 Å². The van der Waals surface area contributed by atoms with Gasteiger partial charge in [-0.15, -0.1) is 25.5 Å². The lowest BCUT2D eigenvalue weighted by Gasteiger charge is -2.15. The maximum absolute atomic E-state index is 4.65. The second-order valence-corrected chi connectivity index (χ2v) is 7.61. The molecule has 1 aliphatic rings. The topological polar surface area (TPSA) is 85.8 Å². The van der Waals surface area contributed by atoms with Crippen molar-refractivity contribution in [3.63, 3.8) is 0 Å². The summed E-state index contributed by atoms with van der Waals surface area (Å²) in [6, 6.07) is 3.86. The van der Waals surface area contributed by atoms with Crippen LogP contribution in [0.1, 0.15) is 57.5 Å². The summed E-state index contributed by atoms with van der Waals surface area (Å²) >= 11 is 0. The fraction of sp³-hybridized carbons (Fsp3) is 0.588. The van der Waals surface area contributed by atoms with Gasteiger partial charge in [-0.25, -0.2) is 0 Å². The van der Waals surface area contributed by atoms with Crippen LogP contribution < -0.4 is 5.32 Å². The molecule has 8 nitrogen and oxygen atoms in total. The smallest absolute Gasteiger partial charge is 0.178 e. The molecule has 3 aromatic rings. The van der Waals surface area contributed by atoms with E-state index in [2.05, 4.69) is 56.1 Å². The third-order valence-corrected chi connectivity index (χ3v) is 4.55. The van der Waals surface area contributed by atoms with E-state index in [1.54, 1.807) is 0 Å². The molecule has 0 amide bonds. The van der Waals surface area contributed by atoms with Crippen molar-refractivity contribution in [2.24, 2.45) is 0 Å². The van der Waals surface area contributed by atoms with Gasteiger partial charge in [-0.05, 0) is 25.0 Å². The monoisotopic (exact) mass is 340 g/mol. The minimum absolute atomic E-state index is 0.116. The Hall–Kier alpha value is -2.51. The molecule has 0 aromatic carbocycles. The van der Waals surface area contributed by atoms with Crippen LogP contribution in [0.2, 0.25) is 0 Å². The summed E-state index contributed by atoms with van der Waals surface area (Å²) in [5.74, 6) is 3.71. The quantitative estimate of drug-likeness (QED) is 0.788. The van der Waals surface area contributed by atoms with E-state index >= 15 is 0 Å². The number of rotatable bonds is 3. The number of aryl methyl sites for hydroxylation is 1. The van der Waals surface area contributed by atoms with Crippen LogP contribution in [0.5, 0.6) is 0 Å². The number of nitrogens with one attached hydrogen (secondary N) is 1. The lowest BCUT2D eigenvalue weighted by atomic mass is 9.96. The SMILES string of the molecule is CC(C)(C)c1nnc2ccc(NCc3nnc4n3CCCCC4)nn12. The van der Waals surface area contributed by atoms with Gasteiger partial charge in [-0.2, -0.15) is 4.52 Å². The van der Waals surface area contributed by atoms with E-state index < -0.39 is 0 Å². The van der Waals surface area contributed by atoms with Gasteiger partial charge in [-0.3, -0.25) is 0 Å². The van der Waals surface area contributed by atoms with Crippen LogP contribution in [0, 0.1) is 0 Å². The van der Waals surface area contributed by atoms with Gasteiger partial charge in [0.05, 0.1) is 6.54 Å². The average Bonchev–Trinajstić information content (AvgIpc) is 3.09. The Morgan fingerprint density at radius 2 is 1.92 bits per heavy atom. The molecule has 0 atom stereocenters. The van der Waals surface area contributed by atoms with Crippen LogP contribution in [0.15, 0.2) is 12.1 Å². The highest BCUT2D eigenvalue weighted by atomic mass is 15.4. The highest BCUT2D eigenvalue weighted by Crippen LogP contribution is 2.21. The van der Waals surface area contributed by atoms with Gasteiger partial charge in [0, 0.05) is 18.4 Å². The summed E-state index contributed by atoms with van der Waals surface area (Å²) in [7, 11) is 0. The molecule has 0 fully saturated rings. The summed E-state index contributed by atoms with van der Waals surface area (Å²) < 4.78 is 4.06. The molecule has 0 saturated carbocycles. The first kappa shape index (κ1) is 16.0. The normalized spacial score (nSPS) is 15.2. The Morgan fingerprint density at radius 3 is 2.76 bits per heavy atom. The molecule has 0 unspecified atom stereocenters. The van der Waals surface area contributed by atoms with Crippen molar-refractivity contribution in [3.05, 3.63) is 29.6 Å². The van der Waals surface area contributed by atoms with Crippen molar-refractivity contribution in [2.75, 3.05) is 5.32 Å². The van der Waals surface area contributed by atoms with E-state index in [0.717, 1.165) is 41.9 Å². The molecule has 1 aliphatic heterocycles. The van der Waals surface area contributed by atoms with Gasteiger partial charge in [0.1, 0.15) is 11.6 Å². The van der Waals surface area contributed by atoms with Crippen LogP contribution in [0.25, 0.3) is 5.65 Å². The van der Waals surface area contributed by atoms with Crippen molar-refractivity contribution in [3.8, 4) is 0 Å². The maximum atomic E-state index is 4.65. The lowest BCUT2D eigenvalue weighted by molar-refractivity contribution is 0.527. The zero-order valence-corrected chi connectivity index (χ0v) is 15.0. The van der Waals surface area contributed by atoms with E-state index in [9.17, 15) is 0 Å². The second-order valence-electron chi connectivity index (χ2n) is 7.61. The van der Waals surface area contributed by atoms with Crippen LogP contribution in [0.4, 0.5) is 5.82 Å². The van der Waals surface area contributed by atoms with Crippen molar-refractivity contribution in [2.45, 2.75) is 65.0 Å². The third-order valence-electron chi connectivity index (χ3n) is 4.55. The first-order valence-corrected chi connectivity index (χ1v) is 8.90. The van der Waals surface area contributed by atoms with E-state index in [1.807, 2.05) is 16.6 Å². The highest BCUT2D eigenvalue weighted by Gasteiger charge is 2.22. The number of hydrogen-bond acceptors (Lipinski definition) is 6. The van der Waals surface area contributed by atoms with Crippen LogP contribution in [-0.4, -0.2) is 34.6 Å². The molecule has 0 saturated heterocycles. The largest absolute Gasteiger partial charge is 0.361 e. The number of nitrogens with zero attached hydrogens (tertiary/aromatic N) is 7. The van der Waals surface area contributed by atoms with E-state index in [-0.39, 0.29) is 5.41 Å². The summed E-state index contributed by atoms with van der Waals surface area (Å²) in [5, 5.41) is 25.2. The van der Waals surface area contributed by atoms with Crippen LogP contribution in [-0.2, 0) is 24.9 Å². The molecular weight excluding hydrogens is 316 g/mol. The van der Waals surface area contributed by atoms with Crippen molar-refractivity contribution in [1.82, 2.24) is 34.6 Å². The molecular formula is C17H24N8. The molecule has 0 bridgehead atoms. The zero-order chi connectivity index (χ0) is 17.4. The molecule has 25 heavy (non-hydrogen) atoms. The van der Waals surface area contributed by atoms with Crippen molar-refractivity contribution >= 4 is 11.5 Å². The van der Waals surface area contributed by atoms with Crippen molar-refractivity contribution in [1.29, 1.82) is 0 Å². The predicted octanol–water partition coefficient (Wildman–Crippen LogP) is 2.35. The first-order chi connectivity index (χ1) is 12.0. The van der Waals surface area contributed by atoms with Gasteiger partial charge in [0.15, 0.2) is 17.3 Å². The molecule has 4 heterocycles. The van der Waals surface area contributed by atoms with Gasteiger partial charge >= 0.3 is 0 Å². The number of hydrogen-bond donors (Lipinski definition) is 1. The molecule has 0 radical (unpaired) electrons. The van der Waals surface area contributed by atoms with Gasteiger partial charge < -0.3 is 9.88 Å². The summed E-state index contributed by atoms with van der Waals surface area (Å²) in [5.41, 5.74) is 0.641. The first-order valence-electron chi connectivity index (χ1n) is 8.90. The molecule has 132 valence electrons. The summed E-state index contributed by atoms with van der Waals surface area (Å²) in [4.78, 5) is 0. The number of fused-ring (bicyclic) bond motifs is 2. The number of anilines is 1. The molecule has 0 spiro atoms. The Balaban J connectivity index is 1.56. The third kappa shape index (κ3) is 3.08. The predicted molar refractivity (Wildman–Crippen MR) is 94.4 cm³/mol. The molecule has 4 rings (SSSR count). The van der Waals surface area contributed by atoms with E-state index in [0.29, 0.717) is 6.54 Å².